The largest absolute Gasteiger partial charge is 0.497 e. The summed E-state index contributed by atoms with van der Waals surface area (Å²) in [5.41, 5.74) is 6.36. The smallest absolute Gasteiger partial charge is 0.355 e. The van der Waals surface area contributed by atoms with Crippen molar-refractivity contribution < 1.29 is 28.7 Å². The number of nitro groups is 1. The third-order valence-corrected chi connectivity index (χ3v) is 5.25. The van der Waals surface area contributed by atoms with E-state index in [4.69, 9.17) is 19.9 Å². The Kier molecular flexibility index (Phi) is 6.82. The molecule has 1 heterocycles. The summed E-state index contributed by atoms with van der Waals surface area (Å²) in [5, 5.41) is 21.1. The van der Waals surface area contributed by atoms with Crippen LogP contribution in [0.15, 0.2) is 71.2 Å². The minimum Gasteiger partial charge on any atom is -0.497 e. The van der Waals surface area contributed by atoms with Gasteiger partial charge >= 0.3 is 11.9 Å². The van der Waals surface area contributed by atoms with E-state index in [-0.39, 0.29) is 28.4 Å². The lowest BCUT2D eigenvalue weighted by molar-refractivity contribution is -0.384. The molecule has 0 fully saturated rings. The van der Waals surface area contributed by atoms with E-state index in [1.807, 2.05) is 6.07 Å². The molecule has 0 saturated carbocycles. The number of allylic oxidation sites excluding steroid dienone is 1. The van der Waals surface area contributed by atoms with Gasteiger partial charge < -0.3 is 19.9 Å². The SMILES string of the molecule is COC(=O)C1=C(C(=O)OC)N(c2ccc(OC)cc2)C(N)=C(C#N)C1c1ccc([N+](=O)[O-])cc1. The summed E-state index contributed by atoms with van der Waals surface area (Å²) >= 11 is 0. The molecule has 1 unspecified atom stereocenters. The van der Waals surface area contributed by atoms with Crippen molar-refractivity contribution in [3.8, 4) is 11.8 Å². The highest BCUT2D eigenvalue weighted by atomic mass is 16.6. The van der Waals surface area contributed by atoms with E-state index >= 15 is 0 Å². The van der Waals surface area contributed by atoms with Gasteiger partial charge in [0.1, 0.15) is 17.3 Å². The highest BCUT2D eigenvalue weighted by molar-refractivity contribution is 6.06. The third-order valence-electron chi connectivity index (χ3n) is 5.25. The first-order valence-corrected chi connectivity index (χ1v) is 9.78. The number of nitro benzene ring substituents is 1. The molecule has 3 rings (SSSR count). The van der Waals surface area contributed by atoms with Crippen molar-refractivity contribution in [3.05, 3.63) is 86.9 Å². The number of ether oxygens (including phenoxy) is 3. The second-order valence-electron chi connectivity index (χ2n) is 6.97. The van der Waals surface area contributed by atoms with Gasteiger partial charge in [0, 0.05) is 17.8 Å². The molecule has 11 heteroatoms. The quantitative estimate of drug-likeness (QED) is 0.382. The van der Waals surface area contributed by atoms with Crippen molar-refractivity contribution in [1.29, 1.82) is 5.26 Å². The predicted octanol–water partition coefficient (Wildman–Crippen LogP) is 2.50. The number of carbonyl (C=O) groups excluding carboxylic acids is 2. The fourth-order valence-corrected chi connectivity index (χ4v) is 3.66. The summed E-state index contributed by atoms with van der Waals surface area (Å²) in [5.74, 6) is -2.53. The molecule has 11 nitrogen and oxygen atoms in total. The zero-order chi connectivity index (χ0) is 25.0. The molecule has 1 atom stereocenters. The molecule has 0 radical (unpaired) electrons. The summed E-state index contributed by atoms with van der Waals surface area (Å²) in [4.78, 5) is 37.7. The van der Waals surface area contributed by atoms with Crippen LogP contribution in [0.5, 0.6) is 5.75 Å². The minimum atomic E-state index is -1.14. The first-order valence-electron chi connectivity index (χ1n) is 9.78. The average molecular weight is 464 g/mol. The number of nitriles is 1. The number of hydrogen-bond donors (Lipinski definition) is 1. The van der Waals surface area contributed by atoms with Crippen molar-refractivity contribution in [2.24, 2.45) is 5.73 Å². The summed E-state index contributed by atoms with van der Waals surface area (Å²) in [7, 11) is 3.75. The molecule has 2 aromatic carbocycles. The van der Waals surface area contributed by atoms with Crippen molar-refractivity contribution in [1.82, 2.24) is 0 Å². The number of esters is 2. The van der Waals surface area contributed by atoms with Gasteiger partial charge in [0.05, 0.1) is 49.4 Å². The molecule has 174 valence electrons. The number of hydrogen-bond acceptors (Lipinski definition) is 10. The molecule has 0 spiro atoms. The Morgan fingerprint density at radius 3 is 2.09 bits per heavy atom. The normalized spacial score (nSPS) is 15.5. The fourth-order valence-electron chi connectivity index (χ4n) is 3.66. The van der Waals surface area contributed by atoms with E-state index < -0.39 is 22.8 Å². The molecule has 34 heavy (non-hydrogen) atoms. The Balaban J connectivity index is 2.35. The molecule has 0 saturated heterocycles. The van der Waals surface area contributed by atoms with Crippen LogP contribution in [0.2, 0.25) is 0 Å². The Morgan fingerprint density at radius 2 is 1.62 bits per heavy atom. The van der Waals surface area contributed by atoms with Crippen molar-refractivity contribution >= 4 is 23.3 Å². The number of non-ortho nitro benzene ring substituents is 1. The summed E-state index contributed by atoms with van der Waals surface area (Å²) in [6.07, 6.45) is 0. The molecule has 0 aliphatic carbocycles. The third kappa shape index (κ3) is 4.12. The van der Waals surface area contributed by atoms with E-state index in [1.54, 1.807) is 24.3 Å². The van der Waals surface area contributed by atoms with Crippen molar-refractivity contribution in [2.75, 3.05) is 26.2 Å². The summed E-state index contributed by atoms with van der Waals surface area (Å²) < 4.78 is 15.0. The predicted molar refractivity (Wildman–Crippen MR) is 119 cm³/mol. The number of benzene rings is 2. The van der Waals surface area contributed by atoms with Gasteiger partial charge in [-0.1, -0.05) is 12.1 Å². The van der Waals surface area contributed by atoms with Crippen LogP contribution in [0.1, 0.15) is 11.5 Å². The molecule has 0 aromatic heterocycles. The van der Waals surface area contributed by atoms with E-state index in [2.05, 4.69) is 0 Å². The lowest BCUT2D eigenvalue weighted by Crippen LogP contribution is -2.40. The first-order chi connectivity index (χ1) is 16.3. The van der Waals surface area contributed by atoms with E-state index in [0.717, 1.165) is 14.2 Å². The molecule has 2 N–H and O–H groups in total. The molecular formula is C23H20N4O7. The van der Waals surface area contributed by atoms with Crippen molar-refractivity contribution in [2.45, 2.75) is 5.92 Å². The van der Waals surface area contributed by atoms with Gasteiger partial charge in [-0.25, -0.2) is 9.59 Å². The van der Waals surface area contributed by atoms with Gasteiger partial charge in [0.2, 0.25) is 0 Å². The second kappa shape index (κ2) is 9.74. The monoisotopic (exact) mass is 464 g/mol. The number of carbonyl (C=O) groups is 2. The van der Waals surface area contributed by atoms with Crippen LogP contribution < -0.4 is 15.4 Å². The van der Waals surface area contributed by atoms with Gasteiger partial charge in [0.15, 0.2) is 0 Å². The van der Waals surface area contributed by atoms with E-state index in [1.165, 1.54) is 36.3 Å². The lowest BCUT2D eigenvalue weighted by atomic mass is 9.80. The van der Waals surface area contributed by atoms with Crippen molar-refractivity contribution in [3.63, 3.8) is 0 Å². The highest BCUT2D eigenvalue weighted by Gasteiger charge is 2.43. The van der Waals surface area contributed by atoms with Crippen LogP contribution in [0.25, 0.3) is 0 Å². The first kappa shape index (κ1) is 23.8. The van der Waals surface area contributed by atoms with Gasteiger partial charge in [0.25, 0.3) is 5.69 Å². The number of nitrogens with zero attached hydrogens (tertiary/aromatic N) is 3. The van der Waals surface area contributed by atoms with Gasteiger partial charge in [-0.05, 0) is 29.8 Å². The van der Waals surface area contributed by atoms with Crippen LogP contribution >= 0.6 is 0 Å². The highest BCUT2D eigenvalue weighted by Crippen LogP contribution is 2.43. The van der Waals surface area contributed by atoms with Crippen LogP contribution in [-0.4, -0.2) is 38.2 Å². The maximum atomic E-state index is 13.0. The number of methoxy groups -OCH3 is 3. The maximum absolute atomic E-state index is 13.0. The van der Waals surface area contributed by atoms with Gasteiger partial charge in [-0.15, -0.1) is 0 Å². The minimum absolute atomic E-state index is 0.0577. The molecule has 1 aliphatic heterocycles. The maximum Gasteiger partial charge on any atom is 0.355 e. The summed E-state index contributed by atoms with van der Waals surface area (Å²) in [6.45, 7) is 0. The Morgan fingerprint density at radius 1 is 1.03 bits per heavy atom. The van der Waals surface area contributed by atoms with Crippen LogP contribution in [0, 0.1) is 21.4 Å². The number of anilines is 1. The Labute approximate surface area is 194 Å². The van der Waals surface area contributed by atoms with Gasteiger partial charge in [-0.2, -0.15) is 5.26 Å². The Hall–Kier alpha value is -4.85. The molecule has 0 amide bonds. The number of rotatable bonds is 6. The zero-order valence-corrected chi connectivity index (χ0v) is 18.5. The lowest BCUT2D eigenvalue weighted by Gasteiger charge is -2.35. The molecule has 2 aromatic rings. The van der Waals surface area contributed by atoms with Crippen LogP contribution in [-0.2, 0) is 19.1 Å². The summed E-state index contributed by atoms with van der Waals surface area (Å²) in [6, 6.07) is 13.6. The fraction of sp³-hybridized carbons (Fsp3) is 0.174. The van der Waals surface area contributed by atoms with Gasteiger partial charge in [-0.3, -0.25) is 15.0 Å². The average Bonchev–Trinajstić information content (AvgIpc) is 2.87. The van der Waals surface area contributed by atoms with Crippen LogP contribution in [0.3, 0.4) is 0 Å². The molecular weight excluding hydrogens is 444 g/mol. The topological polar surface area (TPSA) is 158 Å². The molecule has 1 aliphatic rings. The molecule has 0 bridgehead atoms. The Bertz CT molecular complexity index is 1240. The van der Waals surface area contributed by atoms with E-state index in [9.17, 15) is 25.0 Å². The number of nitrogens with two attached hydrogens (primary N) is 1. The second-order valence-corrected chi connectivity index (χ2v) is 6.97. The van der Waals surface area contributed by atoms with Crippen LogP contribution in [0.4, 0.5) is 11.4 Å². The van der Waals surface area contributed by atoms with E-state index in [0.29, 0.717) is 17.0 Å². The standard InChI is InChI=1S/C23H20N4O7/c1-32-16-10-8-14(9-11-16)26-20(23(29)34-3)19(22(28)33-2)18(17(12-24)21(26)25)13-4-6-15(7-5-13)27(30)31/h4-11,18H,25H2,1-3H3. The zero-order valence-electron chi connectivity index (χ0n) is 18.5.